The summed E-state index contributed by atoms with van der Waals surface area (Å²) in [7, 11) is 0.521. The Morgan fingerprint density at radius 2 is 1.44 bits per heavy atom. The quantitative estimate of drug-likeness (QED) is 0.753. The van der Waals surface area contributed by atoms with Gasteiger partial charge in [0.25, 0.3) is 11.7 Å². The summed E-state index contributed by atoms with van der Waals surface area (Å²) in [5.74, 6) is -2.11. The highest BCUT2D eigenvalue weighted by Crippen LogP contribution is 2.32. The minimum atomic E-state index is -1.29. The maximum Gasteiger partial charge on any atom is 0.405 e. The van der Waals surface area contributed by atoms with E-state index < -0.39 is 17.3 Å². The van der Waals surface area contributed by atoms with Crippen molar-refractivity contribution in [1.29, 1.82) is 0 Å². The zero-order valence-corrected chi connectivity index (χ0v) is 9.25. The van der Waals surface area contributed by atoms with Crippen molar-refractivity contribution in [3.8, 4) is 0 Å². The van der Waals surface area contributed by atoms with Crippen LogP contribution < -0.4 is 0 Å². The lowest BCUT2D eigenvalue weighted by Gasteiger charge is -2.38. The largest absolute Gasteiger partial charge is 0.489 e. The van der Waals surface area contributed by atoms with E-state index in [-0.39, 0.29) is 20.3 Å². The van der Waals surface area contributed by atoms with E-state index in [0.717, 1.165) is 0 Å². The molecule has 0 unspecified atom stereocenters. The second kappa shape index (κ2) is 6.56. The van der Waals surface area contributed by atoms with Gasteiger partial charge in [0, 0.05) is 5.41 Å². The molecule has 4 nitrogen and oxygen atoms in total. The normalized spacial score (nSPS) is 10.6. The Bertz CT molecular complexity index is 241. The van der Waals surface area contributed by atoms with E-state index in [1.165, 1.54) is 0 Å². The lowest BCUT2D eigenvalue weighted by molar-refractivity contribution is -0.0283. The molecular formula is C11H24BO4. The van der Waals surface area contributed by atoms with Gasteiger partial charge in [0.05, 0.1) is 0 Å². The lowest BCUT2D eigenvalue weighted by Crippen LogP contribution is -2.42. The summed E-state index contributed by atoms with van der Waals surface area (Å²) in [6, 6.07) is 0. The molecule has 0 saturated carbocycles. The van der Waals surface area contributed by atoms with Crippen LogP contribution in [0, 0.1) is 5.41 Å². The molecule has 0 spiro atoms. The van der Waals surface area contributed by atoms with E-state index in [9.17, 15) is 9.59 Å². The highest BCUT2D eigenvalue weighted by atomic mass is 16.6. The number of rotatable bonds is 3. The van der Waals surface area contributed by atoms with Crippen molar-refractivity contribution >= 4 is 19.0 Å². The molecule has 0 aromatic heterocycles. The van der Waals surface area contributed by atoms with Crippen LogP contribution in [0.1, 0.15) is 49.5 Å². The molecule has 0 atom stereocenters. The molecular weight excluding hydrogens is 207 g/mol. The maximum atomic E-state index is 11.1. The molecule has 0 saturated heterocycles. The third-order valence-corrected chi connectivity index (χ3v) is 2.40. The first kappa shape index (κ1) is 20.4. The molecule has 0 fully saturated rings. The van der Waals surface area contributed by atoms with Gasteiger partial charge in [0.2, 0.25) is 0 Å². The fourth-order valence-electron chi connectivity index (χ4n) is 0.535. The Kier molecular flexibility index (Phi) is 8.37. The predicted octanol–water partition coefficient (Wildman–Crippen LogP) is 3.60. The van der Waals surface area contributed by atoms with E-state index in [2.05, 4.69) is 0 Å². The summed E-state index contributed by atoms with van der Waals surface area (Å²) in [6.45, 7) is 9.25. The monoisotopic (exact) mass is 231 g/mol. The van der Waals surface area contributed by atoms with Gasteiger partial charge in [-0.2, -0.15) is 0 Å². The molecule has 0 amide bonds. The number of carbonyl (C=O) groups is 2. The van der Waals surface area contributed by atoms with Gasteiger partial charge in [-0.15, -0.1) is 0 Å². The van der Waals surface area contributed by atoms with Gasteiger partial charge in [-0.1, -0.05) is 35.6 Å². The Morgan fingerprint density at radius 1 is 1.06 bits per heavy atom. The van der Waals surface area contributed by atoms with Crippen molar-refractivity contribution in [2.45, 2.75) is 55.1 Å². The lowest BCUT2D eigenvalue weighted by atomic mass is 9.76. The summed E-state index contributed by atoms with van der Waals surface area (Å²) >= 11 is 0. The van der Waals surface area contributed by atoms with Crippen LogP contribution >= 0.6 is 0 Å². The van der Waals surface area contributed by atoms with Crippen LogP contribution in [0.5, 0.6) is 0 Å². The molecule has 5 heteroatoms. The van der Waals surface area contributed by atoms with Crippen molar-refractivity contribution < 1.29 is 19.4 Å². The van der Waals surface area contributed by atoms with Gasteiger partial charge in [-0.05, 0) is 13.8 Å². The molecule has 0 aliphatic carbocycles. The molecule has 95 valence electrons. The molecule has 1 N–H and O–H groups in total. The molecule has 0 aliphatic heterocycles. The maximum absolute atomic E-state index is 11.1. The van der Waals surface area contributed by atoms with E-state index in [1.54, 1.807) is 13.8 Å². The highest BCUT2D eigenvalue weighted by Gasteiger charge is 2.37. The molecule has 1 radical (unpaired) electrons. The molecule has 0 aromatic carbocycles. The number of carboxylic acid groups (broad SMARTS) is 1. The van der Waals surface area contributed by atoms with Crippen molar-refractivity contribution in [1.82, 2.24) is 0 Å². The van der Waals surface area contributed by atoms with Gasteiger partial charge in [-0.3, -0.25) is 9.59 Å². The number of carbonyl (C=O) groups excluding carboxylic acids is 1. The first-order chi connectivity index (χ1) is 6.06. The predicted molar refractivity (Wildman–Crippen MR) is 67.3 cm³/mol. The van der Waals surface area contributed by atoms with Crippen LogP contribution in [0.4, 0.5) is 9.59 Å². The van der Waals surface area contributed by atoms with E-state index >= 15 is 0 Å². The van der Waals surface area contributed by atoms with Crippen LogP contribution in [0.15, 0.2) is 0 Å². The number of hydrogen-bond acceptors (Lipinski definition) is 3. The standard InChI is InChI=1S/C9H16BO4.2CH4/c1-8(2,3)9(4,5)14-7(13)10-6(11)12;;/h1-5H3,(H,11,12);2*1H4. The number of ether oxygens (including phenoxy) is 1. The fraction of sp³-hybridized carbons (Fsp3) is 0.818. The first-order valence-electron chi connectivity index (χ1n) is 4.37. The Balaban J connectivity index is -0.000000845. The van der Waals surface area contributed by atoms with Crippen molar-refractivity contribution in [2.24, 2.45) is 5.41 Å². The van der Waals surface area contributed by atoms with Crippen LogP contribution in [-0.2, 0) is 4.74 Å². The summed E-state index contributed by atoms with van der Waals surface area (Å²) in [4.78, 5) is 21.2. The Labute approximate surface area is 99.6 Å². The zero-order chi connectivity index (χ0) is 11.6. The van der Waals surface area contributed by atoms with E-state index in [0.29, 0.717) is 7.28 Å². The average molecular weight is 231 g/mol. The van der Waals surface area contributed by atoms with Crippen LogP contribution in [0.2, 0.25) is 0 Å². The third-order valence-electron chi connectivity index (χ3n) is 2.40. The van der Waals surface area contributed by atoms with Gasteiger partial charge in [0.15, 0.2) is 0 Å². The van der Waals surface area contributed by atoms with Gasteiger partial charge in [0.1, 0.15) is 5.60 Å². The summed E-state index contributed by atoms with van der Waals surface area (Å²) in [5.41, 5.74) is -0.939. The van der Waals surface area contributed by atoms with Crippen LogP contribution in [-0.4, -0.2) is 29.7 Å². The average Bonchev–Trinajstić information content (AvgIpc) is 1.79. The second-order valence-electron chi connectivity index (χ2n) is 4.66. The van der Waals surface area contributed by atoms with Crippen LogP contribution in [0.25, 0.3) is 0 Å². The van der Waals surface area contributed by atoms with E-state index in [1.807, 2.05) is 20.8 Å². The third kappa shape index (κ3) is 6.48. The fourth-order valence-corrected chi connectivity index (χ4v) is 0.535. The molecule has 0 bridgehead atoms. The van der Waals surface area contributed by atoms with Gasteiger partial charge in [-0.25, -0.2) is 0 Å². The zero-order valence-electron chi connectivity index (χ0n) is 9.25. The summed E-state index contributed by atoms with van der Waals surface area (Å²) in [5, 5.41) is 8.33. The first-order valence-corrected chi connectivity index (χ1v) is 4.37. The minimum Gasteiger partial charge on any atom is -0.489 e. The summed E-state index contributed by atoms with van der Waals surface area (Å²) < 4.78 is 5.04. The minimum absolute atomic E-state index is 0. The topological polar surface area (TPSA) is 63.6 Å². The molecule has 0 aromatic rings. The SMILES string of the molecule is C.C.CC(C)(C)C(C)(C)OC(=O)[B]C(=O)O. The van der Waals surface area contributed by atoms with Crippen molar-refractivity contribution in [3.05, 3.63) is 0 Å². The summed E-state index contributed by atoms with van der Waals surface area (Å²) in [6.07, 6.45) is 0. The second-order valence-corrected chi connectivity index (χ2v) is 4.66. The van der Waals surface area contributed by atoms with Gasteiger partial charge >= 0.3 is 7.28 Å². The Morgan fingerprint density at radius 3 is 1.69 bits per heavy atom. The van der Waals surface area contributed by atoms with Gasteiger partial charge < -0.3 is 9.84 Å². The molecule has 16 heavy (non-hydrogen) atoms. The smallest absolute Gasteiger partial charge is 0.405 e. The molecule has 0 heterocycles. The molecule has 0 rings (SSSR count). The number of hydrogen-bond donors (Lipinski definition) is 1. The van der Waals surface area contributed by atoms with Crippen LogP contribution in [0.3, 0.4) is 0 Å². The highest BCUT2D eigenvalue weighted by molar-refractivity contribution is 6.94. The van der Waals surface area contributed by atoms with Crippen molar-refractivity contribution in [2.75, 3.05) is 0 Å². The van der Waals surface area contributed by atoms with E-state index in [4.69, 9.17) is 9.84 Å². The Hall–Kier alpha value is -0.995. The molecule has 0 aliphatic rings. The van der Waals surface area contributed by atoms with Crippen molar-refractivity contribution in [3.63, 3.8) is 0 Å².